The van der Waals surface area contributed by atoms with Gasteiger partial charge in [-0.25, -0.2) is 9.78 Å². The molecule has 0 spiro atoms. The molecule has 0 aliphatic carbocycles. The molecule has 0 bridgehead atoms. The van der Waals surface area contributed by atoms with Crippen LogP contribution in [0.5, 0.6) is 17.2 Å². The first kappa shape index (κ1) is 27.8. The first-order chi connectivity index (χ1) is 18.3. The second kappa shape index (κ2) is 12.6. The summed E-state index contributed by atoms with van der Waals surface area (Å²) in [4.78, 5) is 16.5. The van der Waals surface area contributed by atoms with E-state index < -0.39 is 5.97 Å². The third kappa shape index (κ3) is 6.82. The van der Waals surface area contributed by atoms with Crippen LogP contribution in [0.3, 0.4) is 0 Å². The van der Waals surface area contributed by atoms with Crippen LogP contribution in [0, 0.1) is 0 Å². The number of halogens is 3. The number of nitrogens with zero attached hydrogens (tertiary/aromatic N) is 2. The van der Waals surface area contributed by atoms with Crippen LogP contribution in [-0.2, 0) is 11.4 Å². The van der Waals surface area contributed by atoms with Gasteiger partial charge < -0.3 is 19.3 Å². The zero-order valence-corrected chi connectivity index (χ0v) is 23.9. The predicted molar refractivity (Wildman–Crippen MR) is 151 cm³/mol. The normalized spacial score (nSPS) is 11.3. The Morgan fingerprint density at radius 2 is 1.76 bits per heavy atom. The van der Waals surface area contributed by atoms with Crippen molar-refractivity contribution in [2.45, 2.75) is 11.8 Å². The lowest BCUT2D eigenvalue weighted by molar-refractivity contribution is -0.131. The van der Waals surface area contributed by atoms with Gasteiger partial charge in [-0.05, 0) is 87.4 Å². The summed E-state index contributed by atoms with van der Waals surface area (Å²) in [7, 11) is 3.04. The van der Waals surface area contributed by atoms with E-state index in [2.05, 4.69) is 31.1 Å². The Hall–Kier alpha value is -3.18. The second-order valence-corrected chi connectivity index (χ2v) is 10.4. The van der Waals surface area contributed by atoms with Crippen molar-refractivity contribution in [3.05, 3.63) is 85.1 Å². The largest absolute Gasteiger partial charge is 0.496 e. The predicted octanol–water partition coefficient (Wildman–Crippen LogP) is 7.36. The molecule has 2 N–H and O–H groups in total. The topological polar surface area (TPSA) is 107 Å². The van der Waals surface area contributed by atoms with Crippen molar-refractivity contribution in [2.75, 3.05) is 14.2 Å². The molecular formula is C26H20BrCl2N3O5S. The van der Waals surface area contributed by atoms with Crippen molar-refractivity contribution in [3.8, 4) is 28.6 Å². The molecule has 38 heavy (non-hydrogen) atoms. The molecule has 0 saturated heterocycles. The van der Waals surface area contributed by atoms with Gasteiger partial charge in [0.25, 0.3) is 0 Å². The van der Waals surface area contributed by atoms with Crippen LogP contribution >= 0.6 is 50.9 Å². The molecule has 4 rings (SSSR count). The molecule has 1 aromatic heterocycles. The van der Waals surface area contributed by atoms with Crippen LogP contribution < -0.4 is 14.2 Å². The molecule has 4 aromatic rings. The highest BCUT2D eigenvalue weighted by atomic mass is 79.9. The SMILES string of the molecule is COc1ccc(Cl)cc1-c1nc(S/C(=C\c2cc(Br)c(OCc3ccc(Cl)cc3)c(OC)c2)C(=O)O)n[nH]1. The molecule has 0 amide bonds. The number of thioether (sulfide) groups is 1. The number of aromatic amines is 1. The number of aromatic nitrogens is 3. The van der Waals surface area contributed by atoms with E-state index in [4.69, 9.17) is 37.4 Å². The number of carboxylic acids is 1. The summed E-state index contributed by atoms with van der Waals surface area (Å²) in [5.41, 5.74) is 2.10. The summed E-state index contributed by atoms with van der Waals surface area (Å²) in [6, 6.07) is 15.8. The molecule has 196 valence electrons. The molecular weight excluding hydrogens is 617 g/mol. The van der Waals surface area contributed by atoms with Gasteiger partial charge in [0.2, 0.25) is 5.16 Å². The fraction of sp³-hybridized carbons (Fsp3) is 0.115. The van der Waals surface area contributed by atoms with Gasteiger partial charge in [0.05, 0.1) is 24.3 Å². The third-order valence-electron chi connectivity index (χ3n) is 5.14. The molecule has 3 aromatic carbocycles. The second-order valence-electron chi connectivity index (χ2n) is 7.68. The molecule has 0 saturated carbocycles. The highest BCUT2D eigenvalue weighted by Gasteiger charge is 2.18. The summed E-state index contributed by atoms with van der Waals surface area (Å²) in [5, 5.41) is 18.2. The highest BCUT2D eigenvalue weighted by Crippen LogP contribution is 2.39. The van der Waals surface area contributed by atoms with Gasteiger partial charge in [-0.1, -0.05) is 35.3 Å². The van der Waals surface area contributed by atoms with Crippen molar-refractivity contribution in [2.24, 2.45) is 0 Å². The fourth-order valence-corrected chi connectivity index (χ4v) is 4.94. The summed E-state index contributed by atoms with van der Waals surface area (Å²) in [5.74, 6) is 0.718. The molecule has 0 unspecified atom stereocenters. The summed E-state index contributed by atoms with van der Waals surface area (Å²) < 4.78 is 17.4. The number of H-pyrrole nitrogens is 1. The standard InChI is InChI=1S/C26H20BrCl2N3O5S/c1-35-20-8-7-17(29)12-18(20)24-30-26(32-31-24)38-22(25(33)34)11-15-9-19(27)23(21(10-15)36-2)37-13-14-3-5-16(28)6-4-14/h3-12H,13H2,1-2H3,(H,33,34)(H,30,31,32)/b22-11-. The van der Waals surface area contributed by atoms with E-state index in [0.717, 1.165) is 17.3 Å². The van der Waals surface area contributed by atoms with Crippen LogP contribution in [0.25, 0.3) is 17.5 Å². The molecule has 1 heterocycles. The molecule has 0 radical (unpaired) electrons. The van der Waals surface area contributed by atoms with Gasteiger partial charge in [-0.15, -0.1) is 5.10 Å². The average molecular weight is 637 g/mol. The minimum atomic E-state index is -1.14. The number of ether oxygens (including phenoxy) is 3. The quantitative estimate of drug-likeness (QED) is 0.137. The minimum Gasteiger partial charge on any atom is -0.496 e. The number of hydrogen-bond acceptors (Lipinski definition) is 7. The lowest BCUT2D eigenvalue weighted by Gasteiger charge is -2.14. The first-order valence-corrected chi connectivity index (χ1v) is 13.3. The van der Waals surface area contributed by atoms with E-state index >= 15 is 0 Å². The van der Waals surface area contributed by atoms with E-state index in [9.17, 15) is 9.90 Å². The number of carbonyl (C=O) groups is 1. The maximum atomic E-state index is 12.1. The Bertz CT molecular complexity index is 1490. The number of aliphatic carboxylic acids is 1. The van der Waals surface area contributed by atoms with Gasteiger partial charge in [-0.3, -0.25) is 5.10 Å². The van der Waals surface area contributed by atoms with E-state index in [1.165, 1.54) is 20.3 Å². The first-order valence-electron chi connectivity index (χ1n) is 10.9. The number of carboxylic acid groups (broad SMARTS) is 1. The maximum Gasteiger partial charge on any atom is 0.342 e. The van der Waals surface area contributed by atoms with Gasteiger partial charge in [0.15, 0.2) is 17.3 Å². The average Bonchev–Trinajstić information content (AvgIpc) is 3.36. The monoisotopic (exact) mass is 635 g/mol. The van der Waals surface area contributed by atoms with E-state index in [-0.39, 0.29) is 10.1 Å². The zero-order valence-electron chi connectivity index (χ0n) is 20.0. The van der Waals surface area contributed by atoms with Crippen molar-refractivity contribution in [3.63, 3.8) is 0 Å². The van der Waals surface area contributed by atoms with Crippen LogP contribution in [0.4, 0.5) is 0 Å². The zero-order chi connectivity index (χ0) is 27.2. The van der Waals surface area contributed by atoms with E-state index in [0.29, 0.717) is 55.3 Å². The third-order valence-corrected chi connectivity index (χ3v) is 7.09. The highest BCUT2D eigenvalue weighted by molar-refractivity contribution is 9.10. The lowest BCUT2D eigenvalue weighted by Crippen LogP contribution is -2.00. The van der Waals surface area contributed by atoms with Crippen molar-refractivity contribution >= 4 is 62.9 Å². The lowest BCUT2D eigenvalue weighted by atomic mass is 10.2. The van der Waals surface area contributed by atoms with Gasteiger partial charge in [0.1, 0.15) is 17.3 Å². The van der Waals surface area contributed by atoms with Crippen LogP contribution in [0.15, 0.2) is 69.1 Å². The van der Waals surface area contributed by atoms with Crippen LogP contribution in [0.1, 0.15) is 11.1 Å². The number of benzene rings is 3. The summed E-state index contributed by atoms with van der Waals surface area (Å²) >= 11 is 16.5. The Kier molecular flexibility index (Phi) is 9.22. The van der Waals surface area contributed by atoms with E-state index in [1.54, 1.807) is 42.5 Å². The molecule has 12 heteroatoms. The van der Waals surface area contributed by atoms with Crippen molar-refractivity contribution in [1.82, 2.24) is 15.2 Å². The van der Waals surface area contributed by atoms with E-state index in [1.807, 2.05) is 12.1 Å². The van der Waals surface area contributed by atoms with Crippen molar-refractivity contribution < 1.29 is 24.1 Å². The molecule has 0 fully saturated rings. The number of hydrogen-bond donors (Lipinski definition) is 2. The summed E-state index contributed by atoms with van der Waals surface area (Å²) in [6.45, 7) is 0.294. The maximum absolute atomic E-state index is 12.1. The Balaban J connectivity index is 1.57. The van der Waals surface area contributed by atoms with Gasteiger partial charge in [0, 0.05) is 10.0 Å². The Labute approximate surface area is 241 Å². The van der Waals surface area contributed by atoms with Gasteiger partial charge >= 0.3 is 5.97 Å². The smallest absolute Gasteiger partial charge is 0.342 e. The Morgan fingerprint density at radius 1 is 1.05 bits per heavy atom. The Morgan fingerprint density at radius 3 is 2.45 bits per heavy atom. The minimum absolute atomic E-state index is 0.00241. The molecule has 0 aliphatic heterocycles. The molecule has 0 atom stereocenters. The fourth-order valence-electron chi connectivity index (χ4n) is 3.36. The van der Waals surface area contributed by atoms with Crippen LogP contribution in [-0.4, -0.2) is 40.5 Å². The van der Waals surface area contributed by atoms with Gasteiger partial charge in [-0.2, -0.15) is 0 Å². The van der Waals surface area contributed by atoms with Crippen molar-refractivity contribution in [1.29, 1.82) is 0 Å². The molecule has 8 nitrogen and oxygen atoms in total. The summed E-state index contributed by atoms with van der Waals surface area (Å²) in [6.07, 6.45) is 1.50. The van der Waals surface area contributed by atoms with Crippen LogP contribution in [0.2, 0.25) is 10.0 Å². The molecule has 0 aliphatic rings. The number of nitrogens with one attached hydrogen (secondary N) is 1. The number of methoxy groups -OCH3 is 2. The number of rotatable bonds is 10.